The van der Waals surface area contributed by atoms with Crippen LogP contribution >= 0.6 is 11.6 Å². The fourth-order valence-corrected chi connectivity index (χ4v) is 6.04. The zero-order chi connectivity index (χ0) is 22.2. The second kappa shape index (κ2) is 8.65. The van der Waals surface area contributed by atoms with Gasteiger partial charge in [-0.3, -0.25) is 4.79 Å². The lowest BCUT2D eigenvalue weighted by Crippen LogP contribution is -2.39. The predicted molar refractivity (Wildman–Crippen MR) is 122 cm³/mol. The Morgan fingerprint density at radius 2 is 1.87 bits per heavy atom. The van der Waals surface area contributed by atoms with E-state index in [1.54, 1.807) is 31.4 Å². The molecular weight excluding hydrogens is 436 g/mol. The lowest BCUT2D eigenvalue weighted by molar-refractivity contribution is 0.315. The molecule has 0 saturated heterocycles. The van der Waals surface area contributed by atoms with Gasteiger partial charge in [0, 0.05) is 29.2 Å². The molecule has 2 aromatic carbocycles. The van der Waals surface area contributed by atoms with Crippen molar-refractivity contribution in [1.82, 2.24) is 9.29 Å². The van der Waals surface area contributed by atoms with Crippen molar-refractivity contribution in [2.24, 2.45) is 0 Å². The number of aromatic amines is 1. The standard InChI is InChI=1S/C23H25ClN2O4S/c1-15-7-10-20(13-21(15)24)31(28,29)26(18-5-3-4-6-18)14-17-11-16-8-9-19(30-2)12-22(16)25-23(17)27/h7-13,18H,3-6,14H2,1-2H3,(H,25,27). The van der Waals surface area contributed by atoms with Crippen LogP contribution in [0.3, 0.4) is 0 Å². The van der Waals surface area contributed by atoms with Gasteiger partial charge in [0.1, 0.15) is 5.75 Å². The Morgan fingerprint density at radius 1 is 1.13 bits per heavy atom. The molecule has 0 radical (unpaired) electrons. The highest BCUT2D eigenvalue weighted by molar-refractivity contribution is 7.89. The summed E-state index contributed by atoms with van der Waals surface area (Å²) in [5.74, 6) is 0.641. The van der Waals surface area contributed by atoms with E-state index in [4.69, 9.17) is 16.3 Å². The minimum Gasteiger partial charge on any atom is -0.497 e. The topological polar surface area (TPSA) is 79.5 Å². The fourth-order valence-electron chi connectivity index (χ4n) is 4.11. The lowest BCUT2D eigenvalue weighted by atomic mass is 10.1. The normalized spacial score (nSPS) is 15.1. The summed E-state index contributed by atoms with van der Waals surface area (Å²) in [6.07, 6.45) is 3.50. The van der Waals surface area contributed by atoms with E-state index in [-0.39, 0.29) is 23.0 Å². The third-order valence-electron chi connectivity index (χ3n) is 5.94. The number of nitrogens with zero attached hydrogens (tertiary/aromatic N) is 1. The zero-order valence-electron chi connectivity index (χ0n) is 17.5. The van der Waals surface area contributed by atoms with Crippen LogP contribution in [-0.4, -0.2) is 30.9 Å². The summed E-state index contributed by atoms with van der Waals surface area (Å²) in [4.78, 5) is 15.8. The first-order valence-electron chi connectivity index (χ1n) is 10.3. The van der Waals surface area contributed by atoms with Crippen LogP contribution < -0.4 is 10.3 Å². The highest BCUT2D eigenvalue weighted by Gasteiger charge is 2.34. The Bertz CT molecular complexity index is 1280. The molecule has 0 atom stereocenters. The molecular formula is C23H25ClN2O4S. The second-order valence-electron chi connectivity index (χ2n) is 7.98. The zero-order valence-corrected chi connectivity index (χ0v) is 19.1. The molecule has 0 aliphatic heterocycles. The van der Waals surface area contributed by atoms with E-state index in [0.29, 0.717) is 21.9 Å². The van der Waals surface area contributed by atoms with Crippen molar-refractivity contribution in [3.05, 3.63) is 69.0 Å². The van der Waals surface area contributed by atoms with Crippen LogP contribution in [-0.2, 0) is 16.6 Å². The number of sulfonamides is 1. The SMILES string of the molecule is COc1ccc2cc(CN(C3CCCC3)S(=O)(=O)c3ccc(C)c(Cl)c3)c(=O)[nH]c2c1. The van der Waals surface area contributed by atoms with Gasteiger partial charge < -0.3 is 9.72 Å². The van der Waals surface area contributed by atoms with Gasteiger partial charge in [0.15, 0.2) is 0 Å². The minimum absolute atomic E-state index is 0.00972. The Hall–Kier alpha value is -2.35. The first-order valence-corrected chi connectivity index (χ1v) is 12.1. The van der Waals surface area contributed by atoms with Gasteiger partial charge in [-0.1, -0.05) is 30.5 Å². The summed E-state index contributed by atoms with van der Waals surface area (Å²) in [6.45, 7) is 1.84. The third-order valence-corrected chi connectivity index (χ3v) is 8.24. The molecule has 8 heteroatoms. The van der Waals surface area contributed by atoms with Gasteiger partial charge in [-0.2, -0.15) is 4.31 Å². The van der Waals surface area contributed by atoms with Gasteiger partial charge in [0.05, 0.1) is 17.5 Å². The number of methoxy groups -OCH3 is 1. The molecule has 0 unspecified atom stereocenters. The molecule has 1 aliphatic rings. The van der Waals surface area contributed by atoms with E-state index in [9.17, 15) is 13.2 Å². The summed E-state index contributed by atoms with van der Waals surface area (Å²) in [7, 11) is -2.26. The number of fused-ring (bicyclic) bond motifs is 1. The van der Waals surface area contributed by atoms with Crippen molar-refractivity contribution in [3.63, 3.8) is 0 Å². The minimum atomic E-state index is -3.83. The van der Waals surface area contributed by atoms with Crippen LogP contribution in [0.1, 0.15) is 36.8 Å². The molecule has 1 heterocycles. The van der Waals surface area contributed by atoms with Gasteiger partial charge in [0.2, 0.25) is 10.0 Å². The predicted octanol–water partition coefficient (Wildman–Crippen LogP) is 4.63. The average Bonchev–Trinajstić information content (AvgIpc) is 3.27. The van der Waals surface area contributed by atoms with Gasteiger partial charge in [-0.25, -0.2) is 8.42 Å². The van der Waals surface area contributed by atoms with E-state index < -0.39 is 10.0 Å². The monoisotopic (exact) mass is 460 g/mol. The van der Waals surface area contributed by atoms with Crippen LogP contribution in [0, 0.1) is 6.92 Å². The highest BCUT2D eigenvalue weighted by atomic mass is 35.5. The molecule has 4 rings (SSSR count). The molecule has 1 fully saturated rings. The molecule has 1 saturated carbocycles. The second-order valence-corrected chi connectivity index (χ2v) is 10.3. The molecule has 1 N–H and O–H groups in total. The molecule has 0 spiro atoms. The molecule has 0 bridgehead atoms. The van der Waals surface area contributed by atoms with E-state index in [0.717, 1.165) is 36.6 Å². The third kappa shape index (κ3) is 4.35. The van der Waals surface area contributed by atoms with E-state index in [1.165, 1.54) is 10.4 Å². The Morgan fingerprint density at radius 3 is 2.55 bits per heavy atom. The highest BCUT2D eigenvalue weighted by Crippen LogP contribution is 2.31. The number of ether oxygens (including phenoxy) is 1. The largest absolute Gasteiger partial charge is 0.497 e. The van der Waals surface area contributed by atoms with E-state index in [1.807, 2.05) is 19.1 Å². The smallest absolute Gasteiger partial charge is 0.252 e. The number of rotatable bonds is 6. The molecule has 3 aromatic rings. The molecule has 6 nitrogen and oxygen atoms in total. The number of H-pyrrole nitrogens is 1. The Labute approximate surface area is 186 Å². The summed E-state index contributed by atoms with van der Waals surface area (Å²) in [6, 6.07) is 11.8. The van der Waals surface area contributed by atoms with Crippen molar-refractivity contribution in [2.75, 3.05) is 7.11 Å². The summed E-state index contributed by atoms with van der Waals surface area (Å²) >= 11 is 6.21. The van der Waals surface area contributed by atoms with Gasteiger partial charge in [0.25, 0.3) is 5.56 Å². The maximum Gasteiger partial charge on any atom is 0.252 e. The number of benzene rings is 2. The summed E-state index contributed by atoms with van der Waals surface area (Å²) in [5.41, 5.74) is 1.57. The number of aryl methyl sites for hydroxylation is 1. The maximum atomic E-state index is 13.6. The van der Waals surface area contributed by atoms with E-state index >= 15 is 0 Å². The summed E-state index contributed by atoms with van der Waals surface area (Å²) < 4.78 is 33.9. The molecule has 164 valence electrons. The fraction of sp³-hybridized carbons (Fsp3) is 0.348. The molecule has 31 heavy (non-hydrogen) atoms. The van der Waals surface area contributed by atoms with Crippen molar-refractivity contribution < 1.29 is 13.2 Å². The van der Waals surface area contributed by atoms with Crippen LogP contribution in [0.4, 0.5) is 0 Å². The first-order chi connectivity index (χ1) is 14.8. The summed E-state index contributed by atoms with van der Waals surface area (Å²) in [5, 5.41) is 1.22. The Balaban J connectivity index is 1.76. The van der Waals surface area contributed by atoms with Crippen molar-refractivity contribution in [2.45, 2.75) is 50.1 Å². The van der Waals surface area contributed by atoms with Crippen LogP contribution in [0.5, 0.6) is 5.75 Å². The van der Waals surface area contributed by atoms with Gasteiger partial charge in [-0.05, 0) is 61.0 Å². The van der Waals surface area contributed by atoms with Crippen molar-refractivity contribution >= 4 is 32.5 Å². The number of halogens is 1. The van der Waals surface area contributed by atoms with Crippen molar-refractivity contribution in [3.8, 4) is 5.75 Å². The first kappa shape index (κ1) is 21.9. The average molecular weight is 461 g/mol. The van der Waals surface area contributed by atoms with Crippen molar-refractivity contribution in [1.29, 1.82) is 0 Å². The number of pyridine rings is 1. The maximum absolute atomic E-state index is 13.6. The van der Waals surface area contributed by atoms with Crippen LogP contribution in [0.2, 0.25) is 5.02 Å². The molecule has 1 aromatic heterocycles. The van der Waals surface area contributed by atoms with E-state index in [2.05, 4.69) is 4.98 Å². The number of nitrogens with one attached hydrogen (secondary N) is 1. The number of aromatic nitrogens is 1. The number of hydrogen-bond donors (Lipinski definition) is 1. The number of hydrogen-bond acceptors (Lipinski definition) is 4. The lowest BCUT2D eigenvalue weighted by Gasteiger charge is -2.28. The van der Waals surface area contributed by atoms with Crippen LogP contribution in [0.15, 0.2) is 52.2 Å². The molecule has 0 amide bonds. The van der Waals surface area contributed by atoms with Crippen LogP contribution in [0.25, 0.3) is 10.9 Å². The van der Waals surface area contributed by atoms with Gasteiger partial charge >= 0.3 is 0 Å². The molecule has 1 aliphatic carbocycles. The Kier molecular flexibility index (Phi) is 6.10. The van der Waals surface area contributed by atoms with Gasteiger partial charge in [-0.15, -0.1) is 0 Å². The quantitative estimate of drug-likeness (QED) is 0.581.